The first-order valence-electron chi connectivity index (χ1n) is 7.59. The van der Waals surface area contributed by atoms with E-state index >= 15 is 0 Å². The third kappa shape index (κ3) is 2.52. The van der Waals surface area contributed by atoms with Crippen molar-refractivity contribution in [3.63, 3.8) is 0 Å². The molecule has 1 saturated carbocycles. The third-order valence-electron chi connectivity index (χ3n) is 4.90. The normalized spacial score (nSPS) is 27.5. The van der Waals surface area contributed by atoms with Crippen LogP contribution in [0.4, 0.5) is 0 Å². The van der Waals surface area contributed by atoms with E-state index in [4.69, 9.17) is 10.9 Å². The second-order valence-corrected chi connectivity index (χ2v) is 6.01. The first-order chi connectivity index (χ1) is 9.79. The fourth-order valence-corrected chi connectivity index (χ4v) is 3.88. The lowest BCUT2D eigenvalue weighted by atomic mass is 9.85. The maximum absolute atomic E-state index is 8.91. The average Bonchev–Trinajstić information content (AvgIpc) is 2.90. The van der Waals surface area contributed by atoms with Gasteiger partial charge in [-0.3, -0.25) is 4.90 Å². The van der Waals surface area contributed by atoms with Gasteiger partial charge in [-0.15, -0.1) is 0 Å². The summed E-state index contributed by atoms with van der Waals surface area (Å²) in [4.78, 5) is 2.59. The van der Waals surface area contributed by atoms with E-state index in [2.05, 4.69) is 16.1 Å². The summed E-state index contributed by atoms with van der Waals surface area (Å²) in [5.74, 6) is 1.10. The Kier molecular flexibility index (Phi) is 3.92. The van der Waals surface area contributed by atoms with Crippen LogP contribution < -0.4 is 5.73 Å². The molecular weight excluding hydrogens is 250 g/mol. The molecule has 0 radical (unpaired) electrons. The minimum atomic E-state index is 0.208. The van der Waals surface area contributed by atoms with E-state index in [0.29, 0.717) is 0 Å². The van der Waals surface area contributed by atoms with Crippen LogP contribution in [0, 0.1) is 5.92 Å². The predicted molar refractivity (Wildman–Crippen MR) is 79.7 cm³/mol. The van der Waals surface area contributed by atoms with E-state index in [0.717, 1.165) is 29.6 Å². The van der Waals surface area contributed by atoms with E-state index in [9.17, 15) is 0 Å². The van der Waals surface area contributed by atoms with Crippen LogP contribution in [0.3, 0.4) is 0 Å². The van der Waals surface area contributed by atoms with Gasteiger partial charge in [0.15, 0.2) is 5.84 Å². The van der Waals surface area contributed by atoms with Gasteiger partial charge in [-0.1, -0.05) is 42.3 Å². The van der Waals surface area contributed by atoms with Crippen LogP contribution >= 0.6 is 0 Å². The third-order valence-corrected chi connectivity index (χ3v) is 4.90. The summed E-state index contributed by atoms with van der Waals surface area (Å²) in [6.45, 7) is 2.09. The Morgan fingerprint density at radius 1 is 1.25 bits per heavy atom. The zero-order valence-corrected chi connectivity index (χ0v) is 11.8. The lowest BCUT2D eigenvalue weighted by Gasteiger charge is -2.32. The molecule has 1 aromatic carbocycles. The van der Waals surface area contributed by atoms with Crippen molar-refractivity contribution in [3.05, 3.63) is 35.4 Å². The fraction of sp³-hybridized carbons (Fsp3) is 0.562. The van der Waals surface area contributed by atoms with Crippen molar-refractivity contribution in [1.29, 1.82) is 0 Å². The molecule has 3 rings (SSSR count). The molecule has 0 aromatic heterocycles. The topological polar surface area (TPSA) is 61.9 Å². The second kappa shape index (κ2) is 5.83. The van der Waals surface area contributed by atoms with Crippen molar-refractivity contribution >= 4 is 5.84 Å². The Balaban J connectivity index is 1.78. The van der Waals surface area contributed by atoms with Crippen LogP contribution in [0.1, 0.15) is 43.2 Å². The first kappa shape index (κ1) is 13.4. The number of fused-ring (bicyclic) bond motifs is 1. The molecule has 20 heavy (non-hydrogen) atoms. The summed E-state index contributed by atoms with van der Waals surface area (Å²) in [5, 5.41) is 12.1. The summed E-state index contributed by atoms with van der Waals surface area (Å²) >= 11 is 0. The standard InChI is InChI=1S/C16H23N3O/c17-16(18-20)14-7-3-1-6-13(14)11-19-10-9-12-5-2-4-8-15(12)19/h1,3,6-7,12,15,20H,2,4-5,8-11H2,(H2,17,18). The van der Waals surface area contributed by atoms with Crippen molar-refractivity contribution < 1.29 is 5.21 Å². The number of nitrogens with zero attached hydrogens (tertiary/aromatic N) is 2. The molecule has 108 valence electrons. The van der Waals surface area contributed by atoms with Crippen LogP contribution in [0.2, 0.25) is 0 Å². The Hall–Kier alpha value is -1.55. The number of likely N-dealkylation sites (tertiary alicyclic amines) is 1. The Morgan fingerprint density at radius 3 is 2.90 bits per heavy atom. The van der Waals surface area contributed by atoms with Crippen LogP contribution in [-0.2, 0) is 6.54 Å². The van der Waals surface area contributed by atoms with E-state index in [1.54, 1.807) is 0 Å². The van der Waals surface area contributed by atoms with Gasteiger partial charge in [-0.2, -0.15) is 0 Å². The smallest absolute Gasteiger partial charge is 0.170 e. The van der Waals surface area contributed by atoms with Crippen molar-refractivity contribution in [1.82, 2.24) is 4.90 Å². The number of oxime groups is 1. The van der Waals surface area contributed by atoms with Gasteiger partial charge >= 0.3 is 0 Å². The van der Waals surface area contributed by atoms with Gasteiger partial charge < -0.3 is 10.9 Å². The van der Waals surface area contributed by atoms with Gasteiger partial charge in [-0.25, -0.2) is 0 Å². The highest BCUT2D eigenvalue weighted by Crippen LogP contribution is 2.37. The molecule has 1 heterocycles. The molecular formula is C16H23N3O. The molecule has 1 saturated heterocycles. The molecule has 0 bridgehead atoms. The zero-order valence-electron chi connectivity index (χ0n) is 11.8. The molecule has 2 atom stereocenters. The SMILES string of the molecule is N/C(=N/O)c1ccccc1CN1CCC2CCCCC21. The molecule has 0 amide bonds. The Morgan fingerprint density at radius 2 is 2.05 bits per heavy atom. The average molecular weight is 273 g/mol. The van der Waals surface area contributed by atoms with Crippen LogP contribution in [0.15, 0.2) is 29.4 Å². The Bertz CT molecular complexity index is 500. The quantitative estimate of drug-likeness (QED) is 0.385. The molecule has 4 heteroatoms. The Labute approximate surface area is 120 Å². The van der Waals surface area contributed by atoms with E-state index < -0.39 is 0 Å². The molecule has 4 nitrogen and oxygen atoms in total. The molecule has 3 N–H and O–H groups in total. The summed E-state index contributed by atoms with van der Waals surface area (Å²) in [7, 11) is 0. The summed E-state index contributed by atoms with van der Waals surface area (Å²) < 4.78 is 0. The summed E-state index contributed by atoms with van der Waals surface area (Å²) in [6, 6.07) is 8.72. The van der Waals surface area contributed by atoms with E-state index in [-0.39, 0.29) is 5.84 Å². The monoisotopic (exact) mass is 273 g/mol. The lowest BCUT2D eigenvalue weighted by molar-refractivity contribution is 0.176. The van der Waals surface area contributed by atoms with Crippen LogP contribution in [-0.4, -0.2) is 28.5 Å². The van der Waals surface area contributed by atoms with Crippen LogP contribution in [0.5, 0.6) is 0 Å². The summed E-state index contributed by atoms with van der Waals surface area (Å²) in [6.07, 6.45) is 6.81. The van der Waals surface area contributed by atoms with E-state index in [1.165, 1.54) is 38.6 Å². The largest absolute Gasteiger partial charge is 0.409 e. The number of rotatable bonds is 3. The minimum Gasteiger partial charge on any atom is -0.409 e. The van der Waals surface area contributed by atoms with Crippen molar-refractivity contribution in [2.24, 2.45) is 16.8 Å². The van der Waals surface area contributed by atoms with Crippen molar-refractivity contribution in [2.75, 3.05) is 6.54 Å². The number of hydrogen-bond acceptors (Lipinski definition) is 3. The zero-order chi connectivity index (χ0) is 13.9. The van der Waals surface area contributed by atoms with Crippen molar-refractivity contribution in [2.45, 2.75) is 44.7 Å². The highest BCUT2D eigenvalue weighted by atomic mass is 16.4. The molecule has 1 aliphatic heterocycles. The van der Waals surface area contributed by atoms with Crippen molar-refractivity contribution in [3.8, 4) is 0 Å². The van der Waals surface area contributed by atoms with Gasteiger partial charge in [0.25, 0.3) is 0 Å². The minimum absolute atomic E-state index is 0.208. The number of hydrogen-bond donors (Lipinski definition) is 2. The highest BCUT2D eigenvalue weighted by molar-refractivity contribution is 5.98. The highest BCUT2D eigenvalue weighted by Gasteiger charge is 2.35. The molecule has 1 aliphatic carbocycles. The number of benzene rings is 1. The van der Waals surface area contributed by atoms with Gasteiger partial charge in [0.05, 0.1) is 0 Å². The number of amidine groups is 1. The van der Waals surface area contributed by atoms with Crippen LogP contribution in [0.25, 0.3) is 0 Å². The molecule has 2 unspecified atom stereocenters. The van der Waals surface area contributed by atoms with Gasteiger partial charge in [0.2, 0.25) is 0 Å². The predicted octanol–water partition coefficient (Wildman–Crippen LogP) is 2.55. The fourth-order valence-electron chi connectivity index (χ4n) is 3.88. The maximum Gasteiger partial charge on any atom is 0.170 e. The van der Waals surface area contributed by atoms with Gasteiger partial charge in [0, 0.05) is 18.2 Å². The maximum atomic E-state index is 8.91. The summed E-state index contributed by atoms with van der Waals surface area (Å²) in [5.41, 5.74) is 7.80. The molecule has 2 fully saturated rings. The second-order valence-electron chi connectivity index (χ2n) is 6.01. The lowest BCUT2D eigenvalue weighted by Crippen LogP contribution is -2.34. The molecule has 1 aromatic rings. The van der Waals surface area contributed by atoms with Gasteiger partial charge in [-0.05, 0) is 37.3 Å². The first-order valence-corrected chi connectivity index (χ1v) is 7.59. The molecule has 0 spiro atoms. The van der Waals surface area contributed by atoms with Gasteiger partial charge in [0.1, 0.15) is 0 Å². The number of nitrogens with two attached hydrogens (primary N) is 1. The van der Waals surface area contributed by atoms with E-state index in [1.807, 2.05) is 18.2 Å². The molecule has 2 aliphatic rings.